The minimum Gasteiger partial charge on any atom is -0.322 e. The zero-order valence-corrected chi connectivity index (χ0v) is 16.4. The van der Waals surface area contributed by atoms with Crippen LogP contribution in [0, 0.1) is 11.7 Å². The van der Waals surface area contributed by atoms with E-state index in [1.807, 2.05) is 7.05 Å². The van der Waals surface area contributed by atoms with Crippen LogP contribution in [-0.4, -0.2) is 15.7 Å². The molecule has 1 aliphatic carbocycles. The number of anilines is 1. The third kappa shape index (κ3) is 6.13. The lowest BCUT2D eigenvalue weighted by Gasteiger charge is -2.20. The maximum Gasteiger partial charge on any atom is 0.227 e. The Kier molecular flexibility index (Phi) is 7.92. The molecular weight excluding hydrogens is 407 g/mol. The molecule has 1 aromatic heterocycles. The molecule has 1 aliphatic rings. The van der Waals surface area contributed by atoms with Crippen molar-refractivity contribution in [3.8, 4) is 0 Å². The van der Waals surface area contributed by atoms with E-state index >= 15 is 0 Å². The second kappa shape index (κ2) is 9.94. The first kappa shape index (κ1) is 19.9. The third-order valence-corrected chi connectivity index (χ3v) is 5.27. The van der Waals surface area contributed by atoms with Gasteiger partial charge in [-0.1, -0.05) is 35.2 Å². The lowest BCUT2D eigenvalue weighted by Crippen LogP contribution is -2.24. The summed E-state index contributed by atoms with van der Waals surface area (Å²) in [7, 11) is 1.81. The molecule has 3 rings (SSSR count). The van der Waals surface area contributed by atoms with Gasteiger partial charge < -0.3 is 5.32 Å². The molecule has 136 valence electrons. The topological polar surface area (TPSA) is 72.9 Å². The highest BCUT2D eigenvalue weighted by Crippen LogP contribution is 2.27. The average Bonchev–Trinajstić information content (AvgIpc) is 2.98. The summed E-state index contributed by atoms with van der Waals surface area (Å²) in [6, 6.07) is 6.14. The first-order chi connectivity index (χ1) is 12.0. The average molecular weight is 429 g/mol. The minimum absolute atomic E-state index is 0.105. The van der Waals surface area contributed by atoms with Crippen LogP contribution < -0.4 is 10.5 Å². The van der Waals surface area contributed by atoms with E-state index in [0.717, 1.165) is 52.8 Å². The molecule has 1 aromatic carbocycles. The number of nitrogens with two attached hydrogens (primary N) is 1. The van der Waals surface area contributed by atoms with Crippen LogP contribution in [0.4, 0.5) is 10.1 Å². The predicted molar refractivity (Wildman–Crippen MR) is 103 cm³/mol. The summed E-state index contributed by atoms with van der Waals surface area (Å²) in [6.45, 7) is 0. The van der Waals surface area contributed by atoms with Crippen LogP contribution in [0.15, 0.2) is 40.0 Å². The Balaban J connectivity index is 0.000000236. The molecule has 1 heterocycles. The van der Waals surface area contributed by atoms with Crippen LogP contribution in [0.3, 0.4) is 0 Å². The summed E-state index contributed by atoms with van der Waals surface area (Å²) in [5.74, 6) is 0.0563. The number of aromatic nitrogens is 2. The van der Waals surface area contributed by atoms with E-state index < -0.39 is 0 Å². The van der Waals surface area contributed by atoms with Crippen LogP contribution in [0.1, 0.15) is 32.1 Å². The van der Waals surface area contributed by atoms with Crippen molar-refractivity contribution in [2.24, 2.45) is 18.1 Å². The molecule has 5 nitrogen and oxygen atoms in total. The standard InChI is InChI=1S/C11H18N4OS.C6H4BrF/c1-15-11(17-12)9(7-13-15)14-10(16)8-5-3-2-4-6-8;7-5-1-3-6(8)4-2-5/h7-8H,2-6,12H2,1H3,(H,14,16);1-4H. The predicted octanol–water partition coefficient (Wildman–Crippen LogP) is 4.49. The summed E-state index contributed by atoms with van der Waals surface area (Å²) in [4.78, 5) is 12.0. The van der Waals surface area contributed by atoms with Crippen molar-refractivity contribution < 1.29 is 9.18 Å². The SMILES string of the molecule is Cn1ncc(NC(=O)C2CCCCC2)c1SN.Fc1ccc(Br)cc1. The lowest BCUT2D eigenvalue weighted by atomic mass is 9.89. The molecule has 0 saturated heterocycles. The Labute approximate surface area is 159 Å². The molecule has 1 fully saturated rings. The Bertz CT molecular complexity index is 665. The highest BCUT2D eigenvalue weighted by Gasteiger charge is 2.22. The molecule has 0 radical (unpaired) electrons. The normalized spacial score (nSPS) is 14.6. The molecule has 8 heteroatoms. The van der Waals surface area contributed by atoms with Crippen molar-refractivity contribution in [2.75, 3.05) is 5.32 Å². The van der Waals surface area contributed by atoms with E-state index in [9.17, 15) is 9.18 Å². The molecule has 0 aliphatic heterocycles. The first-order valence-corrected chi connectivity index (χ1v) is 9.79. The monoisotopic (exact) mass is 428 g/mol. The molecule has 0 unspecified atom stereocenters. The number of carbonyl (C=O) groups excluding carboxylic acids is 1. The van der Waals surface area contributed by atoms with Crippen LogP contribution >= 0.6 is 27.9 Å². The summed E-state index contributed by atoms with van der Waals surface area (Å²) in [5, 5.41) is 13.4. The fourth-order valence-corrected chi connectivity index (χ4v) is 3.38. The second-order valence-electron chi connectivity index (χ2n) is 5.87. The number of aryl methyl sites for hydroxylation is 1. The molecule has 1 amide bonds. The molecule has 0 atom stereocenters. The van der Waals surface area contributed by atoms with E-state index in [2.05, 4.69) is 26.3 Å². The van der Waals surface area contributed by atoms with E-state index in [4.69, 9.17) is 5.14 Å². The molecule has 2 aromatic rings. The number of amides is 1. The van der Waals surface area contributed by atoms with E-state index in [1.165, 1.54) is 18.6 Å². The van der Waals surface area contributed by atoms with Gasteiger partial charge in [-0.15, -0.1) is 0 Å². The highest BCUT2D eigenvalue weighted by atomic mass is 79.9. The number of benzene rings is 1. The quantitative estimate of drug-likeness (QED) is 0.706. The van der Waals surface area contributed by atoms with Crippen molar-refractivity contribution in [2.45, 2.75) is 37.1 Å². The Morgan fingerprint density at radius 2 is 1.96 bits per heavy atom. The van der Waals surface area contributed by atoms with Gasteiger partial charge in [0.05, 0.1) is 11.9 Å². The van der Waals surface area contributed by atoms with Gasteiger partial charge in [-0.25, -0.2) is 4.39 Å². The van der Waals surface area contributed by atoms with Gasteiger partial charge in [-0.2, -0.15) is 5.10 Å². The number of nitrogens with one attached hydrogen (secondary N) is 1. The molecule has 0 bridgehead atoms. The fourth-order valence-electron chi connectivity index (χ4n) is 2.68. The van der Waals surface area contributed by atoms with Gasteiger partial charge in [0, 0.05) is 17.4 Å². The molecule has 1 saturated carbocycles. The van der Waals surface area contributed by atoms with Crippen LogP contribution in [0.5, 0.6) is 0 Å². The molecule has 3 N–H and O–H groups in total. The van der Waals surface area contributed by atoms with E-state index in [1.54, 1.807) is 23.0 Å². The van der Waals surface area contributed by atoms with Gasteiger partial charge in [0.1, 0.15) is 10.8 Å². The van der Waals surface area contributed by atoms with E-state index in [0.29, 0.717) is 0 Å². The van der Waals surface area contributed by atoms with Crippen molar-refractivity contribution in [1.82, 2.24) is 9.78 Å². The van der Waals surface area contributed by atoms with E-state index in [-0.39, 0.29) is 17.6 Å². The summed E-state index contributed by atoms with van der Waals surface area (Å²) in [5.41, 5.74) is 0.718. The molecule has 0 spiro atoms. The van der Waals surface area contributed by atoms with Gasteiger partial charge in [0.15, 0.2) is 0 Å². The number of hydrogen-bond donors (Lipinski definition) is 2. The van der Waals surface area contributed by atoms with Crippen molar-refractivity contribution in [3.05, 3.63) is 40.8 Å². The maximum absolute atomic E-state index is 12.1. The van der Waals surface area contributed by atoms with Crippen molar-refractivity contribution in [3.63, 3.8) is 0 Å². The zero-order valence-electron chi connectivity index (χ0n) is 14.0. The van der Waals surface area contributed by atoms with Gasteiger partial charge in [-0.3, -0.25) is 14.6 Å². The second-order valence-corrected chi connectivity index (χ2v) is 7.40. The summed E-state index contributed by atoms with van der Waals surface area (Å²) >= 11 is 4.28. The van der Waals surface area contributed by atoms with Crippen LogP contribution in [0.2, 0.25) is 0 Å². The number of hydrogen-bond acceptors (Lipinski definition) is 4. The van der Waals surface area contributed by atoms with Gasteiger partial charge >= 0.3 is 0 Å². The number of halogens is 2. The maximum atomic E-state index is 12.1. The third-order valence-electron chi connectivity index (χ3n) is 4.03. The first-order valence-electron chi connectivity index (χ1n) is 8.12. The summed E-state index contributed by atoms with van der Waals surface area (Å²) < 4.78 is 14.6. The van der Waals surface area contributed by atoms with Crippen LogP contribution in [0.25, 0.3) is 0 Å². The molecule has 25 heavy (non-hydrogen) atoms. The lowest BCUT2D eigenvalue weighted by molar-refractivity contribution is -0.120. The van der Waals surface area contributed by atoms with Crippen LogP contribution in [-0.2, 0) is 11.8 Å². The Morgan fingerprint density at radius 3 is 2.52 bits per heavy atom. The molecular formula is C17H22BrFN4OS. The minimum atomic E-state index is -0.201. The van der Waals surface area contributed by atoms with Gasteiger partial charge in [-0.05, 0) is 49.1 Å². The smallest absolute Gasteiger partial charge is 0.227 e. The highest BCUT2D eigenvalue weighted by molar-refractivity contribution is 9.10. The Morgan fingerprint density at radius 1 is 1.32 bits per heavy atom. The number of rotatable bonds is 3. The number of nitrogens with zero attached hydrogens (tertiary/aromatic N) is 2. The van der Waals surface area contributed by atoms with Gasteiger partial charge in [0.25, 0.3) is 0 Å². The number of carbonyl (C=O) groups is 1. The summed E-state index contributed by atoms with van der Waals surface area (Å²) in [6.07, 6.45) is 7.21. The largest absolute Gasteiger partial charge is 0.322 e. The van der Waals surface area contributed by atoms with Gasteiger partial charge in [0.2, 0.25) is 5.91 Å². The zero-order chi connectivity index (χ0) is 18.2. The van der Waals surface area contributed by atoms with Crippen molar-refractivity contribution >= 4 is 39.5 Å². The Hall–Kier alpha value is -1.38. The van der Waals surface area contributed by atoms with Crippen molar-refractivity contribution in [1.29, 1.82) is 0 Å². The fraction of sp³-hybridized carbons (Fsp3) is 0.412.